The Kier molecular flexibility index (Phi) is 5.34. The molecule has 1 saturated carbocycles. The van der Waals surface area contributed by atoms with Crippen LogP contribution in [-0.2, 0) is 11.3 Å². The Bertz CT molecular complexity index is 1110. The van der Waals surface area contributed by atoms with Crippen molar-refractivity contribution in [2.24, 2.45) is 0 Å². The van der Waals surface area contributed by atoms with Crippen LogP contribution in [0.3, 0.4) is 0 Å². The molecule has 6 nitrogen and oxygen atoms in total. The maximum atomic E-state index is 12.7. The lowest BCUT2D eigenvalue weighted by molar-refractivity contribution is -0.116. The summed E-state index contributed by atoms with van der Waals surface area (Å²) in [7, 11) is 0. The fourth-order valence-electron chi connectivity index (χ4n) is 3.92. The molecule has 3 aromatic rings. The third kappa shape index (κ3) is 4.16. The quantitative estimate of drug-likeness (QED) is 0.690. The van der Waals surface area contributed by atoms with E-state index in [4.69, 9.17) is 0 Å². The van der Waals surface area contributed by atoms with Crippen molar-refractivity contribution in [2.45, 2.75) is 52.1 Å². The maximum Gasteiger partial charge on any atom is 0.350 e. The van der Waals surface area contributed by atoms with E-state index in [1.807, 2.05) is 56.3 Å². The molecule has 0 aliphatic heterocycles. The van der Waals surface area contributed by atoms with Crippen molar-refractivity contribution in [3.63, 3.8) is 0 Å². The zero-order chi connectivity index (χ0) is 20.4. The third-order valence-electron chi connectivity index (χ3n) is 5.68. The molecule has 0 radical (unpaired) electrons. The number of anilines is 2. The number of nitrogens with one attached hydrogen (secondary N) is 2. The summed E-state index contributed by atoms with van der Waals surface area (Å²) < 4.78 is 1.44. The number of hydrogen-bond donors (Lipinski definition) is 2. The molecular weight excluding hydrogens is 364 g/mol. The number of carbonyl (C=O) groups excluding carboxylic acids is 1. The van der Waals surface area contributed by atoms with E-state index < -0.39 is 5.69 Å². The second-order valence-corrected chi connectivity index (χ2v) is 7.82. The Morgan fingerprint density at radius 2 is 1.86 bits per heavy atom. The number of hydrogen-bond acceptors (Lipinski definition) is 4. The van der Waals surface area contributed by atoms with Gasteiger partial charge in [-0.05, 0) is 62.1 Å². The largest absolute Gasteiger partial charge is 0.367 e. The van der Waals surface area contributed by atoms with Gasteiger partial charge in [-0.3, -0.25) is 9.36 Å². The number of aromatic nitrogens is 2. The molecule has 6 heteroatoms. The Balaban J connectivity index is 1.61. The molecule has 1 amide bonds. The van der Waals surface area contributed by atoms with Crippen molar-refractivity contribution in [1.82, 2.24) is 9.55 Å². The predicted octanol–water partition coefficient (Wildman–Crippen LogP) is 4.01. The number of fused-ring (bicyclic) bond motifs is 1. The van der Waals surface area contributed by atoms with Crippen LogP contribution in [0.2, 0.25) is 0 Å². The number of nitrogens with zero attached hydrogens (tertiary/aromatic N) is 2. The van der Waals surface area contributed by atoms with Crippen molar-refractivity contribution in [3.05, 3.63) is 64.1 Å². The van der Waals surface area contributed by atoms with Crippen LogP contribution in [0, 0.1) is 13.8 Å². The van der Waals surface area contributed by atoms with Gasteiger partial charge >= 0.3 is 5.69 Å². The van der Waals surface area contributed by atoms with Crippen LogP contribution in [0.5, 0.6) is 0 Å². The molecule has 0 unspecified atom stereocenters. The molecular formula is C23H26N4O2. The van der Waals surface area contributed by atoms with E-state index in [2.05, 4.69) is 15.6 Å². The van der Waals surface area contributed by atoms with Crippen molar-refractivity contribution in [3.8, 4) is 0 Å². The minimum absolute atomic E-state index is 0.0804. The summed E-state index contributed by atoms with van der Waals surface area (Å²) in [6.45, 7) is 3.95. The minimum atomic E-state index is -0.417. The van der Waals surface area contributed by atoms with E-state index >= 15 is 0 Å². The summed E-state index contributed by atoms with van der Waals surface area (Å²) in [4.78, 5) is 29.6. The van der Waals surface area contributed by atoms with Crippen LogP contribution in [-0.4, -0.2) is 21.5 Å². The Hall–Kier alpha value is -3.15. The standard InChI is InChI=1S/C23H26N4O2/c1-15-11-12-18(13-16(15)2)24-21(28)14-27-20-10-6-5-9-19(20)22(26-23(27)29)25-17-7-3-4-8-17/h5-6,9-13,17H,3-4,7-8,14H2,1-2H3,(H,24,28)(H,25,26,29). The van der Waals surface area contributed by atoms with Crippen LogP contribution in [0.1, 0.15) is 36.8 Å². The number of rotatable bonds is 5. The van der Waals surface area contributed by atoms with Gasteiger partial charge in [0.1, 0.15) is 12.4 Å². The zero-order valence-electron chi connectivity index (χ0n) is 16.9. The number of amides is 1. The van der Waals surface area contributed by atoms with Gasteiger partial charge in [0.15, 0.2) is 0 Å². The Morgan fingerprint density at radius 1 is 1.10 bits per heavy atom. The summed E-state index contributed by atoms with van der Waals surface area (Å²) in [5.41, 5.74) is 3.29. The van der Waals surface area contributed by atoms with Gasteiger partial charge in [-0.25, -0.2) is 4.79 Å². The highest BCUT2D eigenvalue weighted by Crippen LogP contribution is 2.25. The molecule has 0 spiro atoms. The fourth-order valence-corrected chi connectivity index (χ4v) is 3.92. The van der Waals surface area contributed by atoms with Gasteiger partial charge in [0.05, 0.1) is 5.52 Å². The van der Waals surface area contributed by atoms with Crippen LogP contribution < -0.4 is 16.3 Å². The van der Waals surface area contributed by atoms with Crippen LogP contribution in [0.25, 0.3) is 10.9 Å². The van der Waals surface area contributed by atoms with Gasteiger partial charge in [0, 0.05) is 17.1 Å². The first kappa shape index (κ1) is 19.2. The molecule has 2 N–H and O–H groups in total. The minimum Gasteiger partial charge on any atom is -0.367 e. The van der Waals surface area contributed by atoms with Crippen LogP contribution in [0.15, 0.2) is 47.3 Å². The molecule has 1 aromatic heterocycles. The summed E-state index contributed by atoms with van der Waals surface area (Å²) in [6.07, 6.45) is 4.59. The second kappa shape index (κ2) is 8.07. The first-order valence-electron chi connectivity index (χ1n) is 10.1. The van der Waals surface area contributed by atoms with Gasteiger partial charge in [-0.2, -0.15) is 4.98 Å². The van der Waals surface area contributed by atoms with Crippen molar-refractivity contribution in [2.75, 3.05) is 10.6 Å². The molecule has 150 valence electrons. The topological polar surface area (TPSA) is 76.0 Å². The lowest BCUT2D eigenvalue weighted by Crippen LogP contribution is -2.31. The number of para-hydroxylation sites is 1. The van der Waals surface area contributed by atoms with Gasteiger partial charge < -0.3 is 10.6 Å². The van der Waals surface area contributed by atoms with Crippen LogP contribution >= 0.6 is 0 Å². The van der Waals surface area contributed by atoms with Crippen molar-refractivity contribution in [1.29, 1.82) is 0 Å². The lowest BCUT2D eigenvalue weighted by Gasteiger charge is -2.17. The Labute approximate surface area is 170 Å². The lowest BCUT2D eigenvalue weighted by atomic mass is 10.1. The van der Waals surface area contributed by atoms with E-state index in [0.717, 1.165) is 29.5 Å². The fraction of sp³-hybridized carbons (Fsp3) is 0.348. The SMILES string of the molecule is Cc1ccc(NC(=O)Cn2c(=O)nc(NC3CCCC3)c3ccccc32)cc1C. The van der Waals surface area contributed by atoms with Gasteiger partial charge in [0.2, 0.25) is 5.91 Å². The first-order valence-corrected chi connectivity index (χ1v) is 10.1. The maximum absolute atomic E-state index is 12.7. The first-order chi connectivity index (χ1) is 14.0. The number of aryl methyl sites for hydroxylation is 2. The van der Waals surface area contributed by atoms with Crippen molar-refractivity contribution < 1.29 is 4.79 Å². The highest BCUT2D eigenvalue weighted by molar-refractivity contribution is 5.93. The van der Waals surface area contributed by atoms with E-state index in [0.29, 0.717) is 17.4 Å². The molecule has 0 bridgehead atoms. The number of carbonyl (C=O) groups is 1. The normalized spacial score (nSPS) is 14.3. The second-order valence-electron chi connectivity index (χ2n) is 7.82. The average molecular weight is 390 g/mol. The highest BCUT2D eigenvalue weighted by atomic mass is 16.2. The average Bonchev–Trinajstić information content (AvgIpc) is 3.21. The van der Waals surface area contributed by atoms with E-state index in [-0.39, 0.29) is 12.5 Å². The summed E-state index contributed by atoms with van der Waals surface area (Å²) >= 11 is 0. The third-order valence-corrected chi connectivity index (χ3v) is 5.68. The van der Waals surface area contributed by atoms with E-state index in [9.17, 15) is 9.59 Å². The molecule has 1 fully saturated rings. The molecule has 0 atom stereocenters. The van der Waals surface area contributed by atoms with Gasteiger partial charge in [-0.1, -0.05) is 31.0 Å². The summed E-state index contributed by atoms with van der Waals surface area (Å²) in [5, 5.41) is 7.17. The summed E-state index contributed by atoms with van der Waals surface area (Å²) in [6, 6.07) is 13.7. The monoisotopic (exact) mass is 390 g/mol. The zero-order valence-corrected chi connectivity index (χ0v) is 16.9. The van der Waals surface area contributed by atoms with Gasteiger partial charge in [0.25, 0.3) is 0 Å². The Morgan fingerprint density at radius 3 is 2.62 bits per heavy atom. The molecule has 4 rings (SSSR count). The predicted molar refractivity (Wildman–Crippen MR) is 116 cm³/mol. The molecule has 1 heterocycles. The summed E-state index contributed by atoms with van der Waals surface area (Å²) in [5.74, 6) is 0.363. The molecule has 2 aromatic carbocycles. The van der Waals surface area contributed by atoms with E-state index in [1.54, 1.807) is 0 Å². The molecule has 1 aliphatic rings. The highest BCUT2D eigenvalue weighted by Gasteiger charge is 2.18. The number of benzene rings is 2. The van der Waals surface area contributed by atoms with Crippen molar-refractivity contribution >= 4 is 28.3 Å². The van der Waals surface area contributed by atoms with Crippen LogP contribution in [0.4, 0.5) is 11.5 Å². The van der Waals surface area contributed by atoms with E-state index in [1.165, 1.54) is 23.0 Å². The molecule has 1 aliphatic carbocycles. The van der Waals surface area contributed by atoms with Gasteiger partial charge in [-0.15, -0.1) is 0 Å². The smallest absolute Gasteiger partial charge is 0.350 e. The molecule has 0 saturated heterocycles. The molecule has 29 heavy (non-hydrogen) atoms.